The van der Waals surface area contributed by atoms with Gasteiger partial charge in [0.05, 0.1) is 5.69 Å². The van der Waals surface area contributed by atoms with Crippen LogP contribution in [0.2, 0.25) is 0 Å². The highest BCUT2D eigenvalue weighted by atomic mass is 14.7. The third kappa shape index (κ3) is 3.76. The van der Waals surface area contributed by atoms with E-state index in [9.17, 15) is 0 Å². The Morgan fingerprint density at radius 3 is 1.82 bits per heavy atom. The van der Waals surface area contributed by atoms with Gasteiger partial charge >= 0.3 is 0 Å². The van der Waals surface area contributed by atoms with E-state index in [4.69, 9.17) is 4.98 Å². The first-order valence-electron chi connectivity index (χ1n) is 8.23. The van der Waals surface area contributed by atoms with Crippen molar-refractivity contribution >= 4 is 0 Å². The summed E-state index contributed by atoms with van der Waals surface area (Å²) < 4.78 is 0. The van der Waals surface area contributed by atoms with E-state index in [1.807, 2.05) is 0 Å². The van der Waals surface area contributed by atoms with Crippen molar-refractivity contribution in [2.24, 2.45) is 0 Å². The molecule has 0 fully saturated rings. The quantitative estimate of drug-likeness (QED) is 0.671. The average molecular weight is 295 g/mol. The van der Waals surface area contributed by atoms with Crippen LogP contribution in [0.1, 0.15) is 65.3 Å². The summed E-state index contributed by atoms with van der Waals surface area (Å²) in [5, 5.41) is 0. The maximum atomic E-state index is 4.81. The first kappa shape index (κ1) is 16.7. The van der Waals surface area contributed by atoms with Crippen LogP contribution < -0.4 is 0 Å². The molecule has 1 aromatic carbocycles. The van der Waals surface area contributed by atoms with Gasteiger partial charge in [-0.3, -0.25) is 4.98 Å². The molecular weight excluding hydrogens is 266 g/mol. The van der Waals surface area contributed by atoms with E-state index >= 15 is 0 Å². The summed E-state index contributed by atoms with van der Waals surface area (Å²) in [6.07, 6.45) is 0.971. The van der Waals surface area contributed by atoms with Gasteiger partial charge in [0, 0.05) is 11.3 Å². The van der Waals surface area contributed by atoms with Crippen LogP contribution in [0, 0.1) is 0 Å². The highest BCUT2D eigenvalue weighted by molar-refractivity contribution is 5.62. The molecule has 0 atom stereocenters. The van der Waals surface area contributed by atoms with Crippen molar-refractivity contribution in [2.45, 2.75) is 65.7 Å². The standard InChI is InChI=1S/C21H29N/c1-8-18-10-9-11-19(22-18)15-12-16(20(2,3)4)14-17(13-15)21(5,6)7/h9-14H,8H2,1-7H3. The van der Waals surface area contributed by atoms with Gasteiger partial charge in [0.2, 0.25) is 0 Å². The third-order valence-corrected chi connectivity index (χ3v) is 4.13. The zero-order chi connectivity index (χ0) is 16.5. The summed E-state index contributed by atoms with van der Waals surface area (Å²) in [6.45, 7) is 15.8. The zero-order valence-electron chi connectivity index (χ0n) is 15.1. The second kappa shape index (κ2) is 5.87. The normalized spacial score (nSPS) is 12.5. The molecule has 0 amide bonds. The fourth-order valence-electron chi connectivity index (χ4n) is 2.48. The summed E-state index contributed by atoms with van der Waals surface area (Å²) in [5.74, 6) is 0. The maximum Gasteiger partial charge on any atom is 0.0705 e. The number of nitrogens with zero attached hydrogens (tertiary/aromatic N) is 1. The van der Waals surface area contributed by atoms with Gasteiger partial charge < -0.3 is 0 Å². The van der Waals surface area contributed by atoms with Gasteiger partial charge in [0.25, 0.3) is 0 Å². The lowest BCUT2D eigenvalue weighted by Crippen LogP contribution is -2.16. The van der Waals surface area contributed by atoms with Crippen LogP contribution in [0.25, 0.3) is 11.3 Å². The van der Waals surface area contributed by atoms with Crippen molar-refractivity contribution in [1.29, 1.82) is 0 Å². The molecule has 0 aliphatic carbocycles. The van der Waals surface area contributed by atoms with Gasteiger partial charge in [-0.2, -0.15) is 0 Å². The Kier molecular flexibility index (Phi) is 4.47. The van der Waals surface area contributed by atoms with Crippen molar-refractivity contribution < 1.29 is 0 Å². The molecular formula is C21H29N. The topological polar surface area (TPSA) is 12.9 Å². The summed E-state index contributed by atoms with van der Waals surface area (Å²) >= 11 is 0. The number of rotatable bonds is 2. The summed E-state index contributed by atoms with van der Waals surface area (Å²) in [4.78, 5) is 4.81. The molecule has 0 unspecified atom stereocenters. The fourth-order valence-corrected chi connectivity index (χ4v) is 2.48. The number of hydrogen-bond donors (Lipinski definition) is 0. The highest BCUT2D eigenvalue weighted by Gasteiger charge is 2.21. The molecule has 1 nitrogen and oxygen atoms in total. The number of pyridine rings is 1. The van der Waals surface area contributed by atoms with E-state index in [1.54, 1.807) is 0 Å². The molecule has 0 spiro atoms. The Labute approximate surface area is 135 Å². The van der Waals surface area contributed by atoms with Crippen LogP contribution >= 0.6 is 0 Å². The van der Waals surface area contributed by atoms with Crippen LogP contribution in [0.15, 0.2) is 36.4 Å². The molecule has 0 radical (unpaired) electrons. The minimum absolute atomic E-state index is 0.137. The van der Waals surface area contributed by atoms with E-state index in [-0.39, 0.29) is 10.8 Å². The lowest BCUT2D eigenvalue weighted by atomic mass is 9.79. The number of benzene rings is 1. The van der Waals surface area contributed by atoms with Crippen molar-refractivity contribution in [3.63, 3.8) is 0 Å². The number of aromatic nitrogens is 1. The lowest BCUT2D eigenvalue weighted by molar-refractivity contribution is 0.569. The van der Waals surface area contributed by atoms with E-state index in [0.717, 1.165) is 17.8 Å². The predicted molar refractivity (Wildman–Crippen MR) is 96.5 cm³/mol. The Hall–Kier alpha value is -1.63. The molecule has 0 aliphatic heterocycles. The van der Waals surface area contributed by atoms with E-state index in [2.05, 4.69) is 84.9 Å². The first-order valence-corrected chi connectivity index (χ1v) is 8.23. The molecule has 0 bridgehead atoms. The second-order valence-electron chi connectivity index (χ2n) is 8.17. The molecule has 0 N–H and O–H groups in total. The van der Waals surface area contributed by atoms with Crippen molar-refractivity contribution in [3.05, 3.63) is 53.2 Å². The van der Waals surface area contributed by atoms with Gasteiger partial charge in [-0.25, -0.2) is 0 Å². The third-order valence-electron chi connectivity index (χ3n) is 4.13. The van der Waals surface area contributed by atoms with Crippen LogP contribution in [0.5, 0.6) is 0 Å². The Bertz CT molecular complexity index is 622. The molecule has 22 heavy (non-hydrogen) atoms. The SMILES string of the molecule is CCc1cccc(-c2cc(C(C)(C)C)cc(C(C)(C)C)c2)n1. The first-order chi connectivity index (χ1) is 10.1. The van der Waals surface area contributed by atoms with Crippen LogP contribution in [-0.2, 0) is 17.3 Å². The molecule has 1 heteroatoms. The molecule has 2 aromatic rings. The van der Waals surface area contributed by atoms with E-state index < -0.39 is 0 Å². The zero-order valence-corrected chi connectivity index (χ0v) is 15.1. The predicted octanol–water partition coefficient (Wildman–Crippen LogP) is 5.91. The maximum absolute atomic E-state index is 4.81. The van der Waals surface area contributed by atoms with Crippen LogP contribution in [0.4, 0.5) is 0 Å². The molecule has 1 aromatic heterocycles. The smallest absolute Gasteiger partial charge is 0.0705 e. The van der Waals surface area contributed by atoms with E-state index in [1.165, 1.54) is 16.7 Å². The second-order valence-corrected chi connectivity index (χ2v) is 8.17. The molecule has 0 aliphatic rings. The minimum Gasteiger partial charge on any atom is -0.253 e. The van der Waals surface area contributed by atoms with Gasteiger partial charge in [0.15, 0.2) is 0 Å². The van der Waals surface area contributed by atoms with Crippen LogP contribution in [0.3, 0.4) is 0 Å². The van der Waals surface area contributed by atoms with Crippen molar-refractivity contribution in [2.75, 3.05) is 0 Å². The van der Waals surface area contributed by atoms with Gasteiger partial charge in [-0.1, -0.05) is 60.6 Å². The molecule has 0 saturated carbocycles. The van der Waals surface area contributed by atoms with Gasteiger partial charge in [0.1, 0.15) is 0 Å². The van der Waals surface area contributed by atoms with E-state index in [0.29, 0.717) is 0 Å². The van der Waals surface area contributed by atoms with Crippen LogP contribution in [-0.4, -0.2) is 4.98 Å². The molecule has 1 heterocycles. The fraction of sp³-hybridized carbons (Fsp3) is 0.476. The van der Waals surface area contributed by atoms with Gasteiger partial charge in [-0.15, -0.1) is 0 Å². The van der Waals surface area contributed by atoms with Gasteiger partial charge in [-0.05, 0) is 52.6 Å². The Morgan fingerprint density at radius 2 is 1.36 bits per heavy atom. The number of hydrogen-bond acceptors (Lipinski definition) is 1. The summed E-state index contributed by atoms with van der Waals surface area (Å²) in [7, 11) is 0. The highest BCUT2D eigenvalue weighted by Crippen LogP contribution is 2.33. The lowest BCUT2D eigenvalue weighted by Gasteiger charge is -2.26. The minimum atomic E-state index is 0.137. The molecule has 0 saturated heterocycles. The summed E-state index contributed by atoms with van der Waals surface area (Å²) in [6, 6.07) is 13.3. The molecule has 118 valence electrons. The van der Waals surface area contributed by atoms with Crippen molar-refractivity contribution in [3.8, 4) is 11.3 Å². The Morgan fingerprint density at radius 1 is 0.818 bits per heavy atom. The summed E-state index contributed by atoms with van der Waals surface area (Å²) in [5.41, 5.74) is 6.48. The Balaban J connectivity index is 2.64. The number of aryl methyl sites for hydroxylation is 1. The van der Waals surface area contributed by atoms with Crippen molar-refractivity contribution in [1.82, 2.24) is 4.98 Å². The molecule has 2 rings (SSSR count). The monoisotopic (exact) mass is 295 g/mol. The largest absolute Gasteiger partial charge is 0.253 e. The average Bonchev–Trinajstić information content (AvgIpc) is 2.45.